The van der Waals surface area contributed by atoms with Gasteiger partial charge in [0.25, 0.3) is 0 Å². The van der Waals surface area contributed by atoms with Gasteiger partial charge in [0.2, 0.25) is 0 Å². The number of carbonyl (C=O) groups is 2. The summed E-state index contributed by atoms with van der Waals surface area (Å²) in [5, 5.41) is 14.1. The van der Waals surface area contributed by atoms with E-state index in [1.807, 2.05) is 20.8 Å². The third-order valence-electron chi connectivity index (χ3n) is 21.5. The first-order valence-electron chi connectivity index (χ1n) is 24.7. The Hall–Kier alpha value is -1.08. The average Bonchev–Trinajstić information content (AvgIpc) is 3.84. The van der Waals surface area contributed by atoms with Gasteiger partial charge in [0.05, 0.1) is 29.4 Å². The maximum Gasteiger partial charge on any atom is 0.355 e. The van der Waals surface area contributed by atoms with Gasteiger partial charge < -0.3 is 28.9 Å². The third-order valence-corrected chi connectivity index (χ3v) is 24.7. The first-order chi connectivity index (χ1) is 29.3. The monoisotopic (exact) mass is 923 g/mol. The van der Waals surface area contributed by atoms with Gasteiger partial charge in [-0.25, -0.2) is 8.42 Å². The summed E-state index contributed by atoms with van der Waals surface area (Å²) in [6, 6.07) is -0.107. The zero-order valence-electron chi connectivity index (χ0n) is 40.6. The molecule has 8 aliphatic rings. The van der Waals surface area contributed by atoms with E-state index in [0.29, 0.717) is 61.1 Å². The van der Waals surface area contributed by atoms with E-state index in [1.165, 1.54) is 59.2 Å². The molecule has 0 aromatic rings. The van der Waals surface area contributed by atoms with Gasteiger partial charge in [-0.15, -0.1) is 0 Å². The van der Waals surface area contributed by atoms with Crippen LogP contribution in [0.15, 0.2) is 0 Å². The second-order valence-electron chi connectivity index (χ2n) is 24.5. The highest BCUT2D eigenvalue weighted by Gasteiger charge is 2.72. The smallest absolute Gasteiger partial charge is 0.355 e. The number of hydrogen-bond donors (Lipinski definition) is 2. The maximum atomic E-state index is 13.7. The minimum absolute atomic E-state index is 0.0116. The van der Waals surface area contributed by atoms with Gasteiger partial charge in [-0.3, -0.25) is 19.1 Å². The van der Waals surface area contributed by atoms with Gasteiger partial charge in [0.15, 0.2) is 9.84 Å². The molecule has 0 spiro atoms. The Morgan fingerprint density at radius 1 is 0.778 bits per heavy atom. The number of aliphatic carboxylic acids is 1. The van der Waals surface area contributed by atoms with E-state index in [4.69, 9.17) is 18.5 Å². The minimum Gasteiger partial charge on any atom is -0.481 e. The van der Waals surface area contributed by atoms with Crippen molar-refractivity contribution in [3.63, 3.8) is 0 Å². The highest BCUT2D eigenvalue weighted by Crippen LogP contribution is 2.78. The Morgan fingerprint density at radius 3 is 2.05 bits per heavy atom. The van der Waals surface area contributed by atoms with Crippen LogP contribution in [0.3, 0.4) is 0 Å². The molecule has 2 N–H and O–H groups in total. The number of hydrogen-bond acceptors (Lipinski definition) is 11. The number of ether oxygens (including phenoxy) is 2. The number of nitrogens with one attached hydrogen (secondary N) is 1. The Morgan fingerprint density at radius 2 is 1.44 bits per heavy atom. The molecule has 0 radical (unpaired) electrons. The van der Waals surface area contributed by atoms with E-state index in [1.54, 1.807) is 0 Å². The van der Waals surface area contributed by atoms with Crippen LogP contribution in [-0.4, -0.2) is 106 Å². The van der Waals surface area contributed by atoms with Crippen molar-refractivity contribution in [3.8, 4) is 0 Å². The number of nitrogens with zero attached hydrogens (tertiary/aromatic N) is 1. The largest absolute Gasteiger partial charge is 0.481 e. The Balaban J connectivity index is 1.03. The van der Waals surface area contributed by atoms with Gasteiger partial charge >= 0.3 is 19.5 Å². The van der Waals surface area contributed by atoms with Crippen LogP contribution in [0.25, 0.3) is 0 Å². The zero-order valence-corrected chi connectivity index (χ0v) is 42.3. The van der Waals surface area contributed by atoms with E-state index in [-0.39, 0.29) is 75.2 Å². The Bertz CT molecular complexity index is 1920. The predicted molar refractivity (Wildman–Crippen MR) is 244 cm³/mol. The number of carbonyl (C=O) groups excluding carboxylic acids is 1. The SMILES string of the molecule is COP(=O)(CO[C@H](C)[C@@H](CN[C@]12CC[C@@H](C3(C)CC3)[C@@H]1[C@H]1CC[C@@H]3[C@@]4(C)CC[C@H](OC(=O)[C@H]5C[C@@H](C(=O)O)C5(C)C)C(C)(C)[C@@H]4CC[C@@]3(C)[C@]1(C)CC2)N1CCS(=O)(=O)CC1)OC. The van der Waals surface area contributed by atoms with Crippen molar-refractivity contribution in [3.05, 3.63) is 0 Å². The van der Waals surface area contributed by atoms with Gasteiger partial charge in [-0.05, 0) is 147 Å². The van der Waals surface area contributed by atoms with Crippen molar-refractivity contribution in [2.24, 2.45) is 73.9 Å². The quantitative estimate of drug-likeness (QED) is 0.126. The number of fused-ring (bicyclic) bond motifs is 7. The van der Waals surface area contributed by atoms with Crippen LogP contribution >= 0.6 is 7.60 Å². The molecule has 360 valence electrons. The van der Waals surface area contributed by atoms with Gasteiger partial charge in [-0.2, -0.15) is 0 Å². The summed E-state index contributed by atoms with van der Waals surface area (Å²) in [4.78, 5) is 27.9. The van der Waals surface area contributed by atoms with Crippen molar-refractivity contribution in [1.29, 1.82) is 0 Å². The van der Waals surface area contributed by atoms with Crippen LogP contribution in [0.4, 0.5) is 0 Å². The topological polar surface area (TPSA) is 158 Å². The first-order valence-corrected chi connectivity index (χ1v) is 28.3. The molecule has 0 unspecified atom stereocenters. The second-order valence-corrected chi connectivity index (χ2v) is 29.1. The van der Waals surface area contributed by atoms with E-state index in [0.717, 1.165) is 32.1 Å². The van der Waals surface area contributed by atoms with E-state index in [2.05, 4.69) is 51.8 Å². The van der Waals surface area contributed by atoms with Crippen LogP contribution in [0.2, 0.25) is 0 Å². The summed E-state index contributed by atoms with van der Waals surface area (Å²) in [6.45, 7) is 22.6. The second kappa shape index (κ2) is 16.3. The van der Waals surface area contributed by atoms with Crippen LogP contribution < -0.4 is 5.32 Å². The fourth-order valence-electron chi connectivity index (χ4n) is 16.9. The van der Waals surface area contributed by atoms with Gasteiger partial charge in [0.1, 0.15) is 12.5 Å². The van der Waals surface area contributed by atoms with Gasteiger partial charge in [-0.1, -0.05) is 55.4 Å². The molecule has 1 saturated heterocycles. The number of sulfone groups is 1. The van der Waals surface area contributed by atoms with Crippen molar-refractivity contribution in [2.75, 3.05) is 51.7 Å². The molecule has 0 bridgehead atoms. The molecule has 8 rings (SSSR count). The van der Waals surface area contributed by atoms with Crippen molar-refractivity contribution in [1.82, 2.24) is 10.2 Å². The number of carboxylic acid groups (broad SMARTS) is 1. The van der Waals surface area contributed by atoms with Crippen molar-refractivity contribution >= 4 is 29.4 Å². The summed E-state index contributed by atoms with van der Waals surface area (Å²) >= 11 is 0. The highest BCUT2D eigenvalue weighted by molar-refractivity contribution is 7.91. The minimum atomic E-state index is -3.40. The lowest BCUT2D eigenvalue weighted by Gasteiger charge is -2.73. The highest BCUT2D eigenvalue weighted by atomic mass is 32.2. The number of esters is 1. The molecule has 0 aromatic heterocycles. The lowest BCUT2D eigenvalue weighted by Crippen LogP contribution is -2.69. The predicted octanol–water partition coefficient (Wildman–Crippen LogP) is 8.82. The lowest BCUT2D eigenvalue weighted by molar-refractivity contribution is -0.250. The van der Waals surface area contributed by atoms with Crippen LogP contribution in [0.5, 0.6) is 0 Å². The molecule has 7 aliphatic carbocycles. The molecular weight excluding hydrogens is 840 g/mol. The standard InChI is InChI=1S/C49H83N2O10PS/c1-31(60-30-62(55,58-10)59-11)36(51-24-26-63(56,57)27-25-51)29-50-49-19-14-32(45(6)20-21-45)40(49)33-12-13-38-46(7)17-16-39(61-42(54)35-28-34(41(52)53)43(35,2)3)44(4,5)37(46)15-18-48(38,9)47(33,8)22-23-49/h31-40,50H,12-30H2,1-11H3,(H,52,53)/t31-,32-,33-,34+,35-,36-,37+,38-,39+,40-,46+,47-,48-,49+/m1/s1. The van der Waals surface area contributed by atoms with Gasteiger partial charge in [0, 0.05) is 50.8 Å². The Kier molecular flexibility index (Phi) is 12.5. The van der Waals surface area contributed by atoms with Crippen LogP contribution in [0.1, 0.15) is 146 Å². The van der Waals surface area contributed by atoms with E-state index in [9.17, 15) is 27.7 Å². The number of carboxylic acids is 1. The summed E-state index contributed by atoms with van der Waals surface area (Å²) in [5.74, 6) is 1.17. The molecule has 14 heteroatoms. The van der Waals surface area contributed by atoms with Crippen LogP contribution in [0, 0.1) is 73.9 Å². The molecule has 63 heavy (non-hydrogen) atoms. The molecule has 0 aromatic carbocycles. The molecular formula is C49H83N2O10PS. The molecule has 14 atom stereocenters. The zero-order chi connectivity index (χ0) is 46.0. The van der Waals surface area contributed by atoms with E-state index >= 15 is 0 Å². The first kappa shape index (κ1) is 48.4. The fraction of sp³-hybridized carbons (Fsp3) is 0.959. The lowest BCUT2D eigenvalue weighted by atomic mass is 9.32. The van der Waals surface area contributed by atoms with Crippen molar-refractivity contribution in [2.45, 2.75) is 170 Å². The normalized spacial score (nSPS) is 44.4. The number of rotatable bonds is 14. The fourth-order valence-corrected chi connectivity index (χ4v) is 18.9. The maximum absolute atomic E-state index is 13.7. The molecule has 1 heterocycles. The molecule has 8 fully saturated rings. The van der Waals surface area contributed by atoms with Crippen LogP contribution in [-0.2, 0) is 42.5 Å². The molecule has 1 aliphatic heterocycles. The average molecular weight is 923 g/mol. The summed E-state index contributed by atoms with van der Waals surface area (Å²) in [7, 11) is -3.72. The molecule has 0 amide bonds. The summed E-state index contributed by atoms with van der Waals surface area (Å²) in [6.07, 6.45) is 13.7. The Labute approximate surface area is 379 Å². The molecule has 12 nitrogen and oxygen atoms in total. The summed E-state index contributed by atoms with van der Waals surface area (Å²) in [5.41, 5.74) is 0.0578. The van der Waals surface area contributed by atoms with E-state index < -0.39 is 34.7 Å². The summed E-state index contributed by atoms with van der Waals surface area (Å²) < 4.78 is 61.5. The molecule has 7 saturated carbocycles. The third kappa shape index (κ3) is 7.78. The van der Waals surface area contributed by atoms with Crippen molar-refractivity contribution < 1.29 is 46.2 Å².